The van der Waals surface area contributed by atoms with Gasteiger partial charge in [0.2, 0.25) is 0 Å². The monoisotopic (exact) mass is 662 g/mol. The van der Waals surface area contributed by atoms with Crippen molar-refractivity contribution in [3.63, 3.8) is 0 Å². The SMILES string of the molecule is CCN(CC)c1ccc(C2C(O)C(c3ccc(N(c4ccccc4-c4ccccc4)c4ccccc4-c4ccccc4)cc3O)C2O)c(O)c1. The number of nitrogens with zero attached hydrogens (tertiary/aromatic N) is 2. The number of aliphatic hydroxyl groups is 2. The minimum Gasteiger partial charge on any atom is -0.508 e. The van der Waals surface area contributed by atoms with Gasteiger partial charge in [-0.2, -0.15) is 0 Å². The second kappa shape index (κ2) is 14.1. The van der Waals surface area contributed by atoms with Gasteiger partial charge in [-0.3, -0.25) is 0 Å². The van der Waals surface area contributed by atoms with E-state index in [1.165, 1.54) is 0 Å². The first kappa shape index (κ1) is 33.0. The van der Waals surface area contributed by atoms with Crippen molar-refractivity contribution in [3.8, 4) is 33.8 Å². The number of benzene rings is 6. The summed E-state index contributed by atoms with van der Waals surface area (Å²) in [6.07, 6.45) is -2.00. The van der Waals surface area contributed by atoms with Gasteiger partial charge in [0.15, 0.2) is 0 Å². The lowest BCUT2D eigenvalue weighted by atomic mass is 9.63. The number of anilines is 4. The Balaban J connectivity index is 1.28. The van der Waals surface area contributed by atoms with E-state index in [0.717, 1.165) is 58.1 Å². The van der Waals surface area contributed by atoms with Crippen LogP contribution in [0.1, 0.15) is 36.8 Å². The van der Waals surface area contributed by atoms with E-state index < -0.39 is 24.0 Å². The molecule has 0 spiro atoms. The maximum atomic E-state index is 11.6. The lowest BCUT2D eigenvalue weighted by Gasteiger charge is -2.47. The molecule has 50 heavy (non-hydrogen) atoms. The average molecular weight is 663 g/mol. The Labute approximate surface area is 293 Å². The van der Waals surface area contributed by atoms with Crippen LogP contribution in [-0.2, 0) is 0 Å². The lowest BCUT2D eigenvalue weighted by molar-refractivity contribution is -0.0797. The molecule has 6 aromatic carbocycles. The van der Waals surface area contributed by atoms with Gasteiger partial charge in [0.1, 0.15) is 11.5 Å². The van der Waals surface area contributed by atoms with E-state index in [2.05, 4.69) is 72.2 Å². The van der Waals surface area contributed by atoms with Crippen LogP contribution in [0.2, 0.25) is 0 Å². The minimum absolute atomic E-state index is 0.0236. The lowest BCUT2D eigenvalue weighted by Crippen LogP contribution is -2.51. The second-order valence-electron chi connectivity index (χ2n) is 12.8. The molecule has 1 saturated carbocycles. The first-order chi connectivity index (χ1) is 24.4. The van der Waals surface area contributed by atoms with Crippen LogP contribution in [0.3, 0.4) is 0 Å². The molecule has 0 saturated heterocycles. The number of phenolic OH excluding ortho intramolecular Hbond substituents is 2. The van der Waals surface area contributed by atoms with Gasteiger partial charge in [-0.15, -0.1) is 0 Å². The molecule has 0 heterocycles. The first-order valence-electron chi connectivity index (χ1n) is 17.3. The molecular weight excluding hydrogens is 620 g/mol. The predicted octanol–water partition coefficient (Wildman–Crippen LogP) is 9.35. The van der Waals surface area contributed by atoms with E-state index in [1.54, 1.807) is 24.3 Å². The molecule has 6 heteroatoms. The molecule has 1 fully saturated rings. The molecule has 252 valence electrons. The van der Waals surface area contributed by atoms with Crippen LogP contribution in [0.4, 0.5) is 22.7 Å². The quantitative estimate of drug-likeness (QED) is 0.117. The molecule has 0 bridgehead atoms. The van der Waals surface area contributed by atoms with Crippen molar-refractivity contribution in [1.29, 1.82) is 0 Å². The summed E-state index contributed by atoms with van der Waals surface area (Å²) in [5.41, 5.74) is 8.60. The van der Waals surface area contributed by atoms with Crippen LogP contribution in [0.15, 0.2) is 146 Å². The Morgan fingerprint density at radius 2 is 0.880 bits per heavy atom. The Kier molecular flexibility index (Phi) is 9.31. The average Bonchev–Trinajstić information content (AvgIpc) is 3.15. The van der Waals surface area contributed by atoms with Gasteiger partial charge in [0.25, 0.3) is 0 Å². The summed E-state index contributed by atoms with van der Waals surface area (Å²) >= 11 is 0. The minimum atomic E-state index is -0.999. The summed E-state index contributed by atoms with van der Waals surface area (Å²) in [6, 6.07) is 47.7. The summed E-state index contributed by atoms with van der Waals surface area (Å²) in [4.78, 5) is 4.28. The van der Waals surface area contributed by atoms with E-state index in [4.69, 9.17) is 0 Å². The fraction of sp³-hybridized carbons (Fsp3) is 0.182. The smallest absolute Gasteiger partial charge is 0.121 e. The van der Waals surface area contributed by atoms with Crippen molar-refractivity contribution < 1.29 is 20.4 Å². The Hall–Kier alpha value is -5.56. The highest BCUT2D eigenvalue weighted by atomic mass is 16.3. The van der Waals surface area contributed by atoms with Crippen molar-refractivity contribution in [2.75, 3.05) is 22.9 Å². The number of rotatable bonds is 10. The van der Waals surface area contributed by atoms with Gasteiger partial charge in [-0.05, 0) is 49.2 Å². The van der Waals surface area contributed by atoms with Crippen LogP contribution in [0, 0.1) is 0 Å². The molecule has 0 aliphatic heterocycles. The summed E-state index contributed by atoms with van der Waals surface area (Å²) in [6.45, 7) is 5.71. The number of hydrogen-bond donors (Lipinski definition) is 4. The summed E-state index contributed by atoms with van der Waals surface area (Å²) in [7, 11) is 0. The third-order valence-electron chi connectivity index (χ3n) is 10.1. The van der Waals surface area contributed by atoms with Gasteiger partial charge in [0, 0.05) is 70.7 Å². The Morgan fingerprint density at radius 1 is 0.480 bits per heavy atom. The van der Waals surface area contributed by atoms with Crippen LogP contribution in [-0.4, -0.2) is 45.7 Å². The van der Waals surface area contributed by atoms with Crippen molar-refractivity contribution in [1.82, 2.24) is 0 Å². The molecule has 7 rings (SSSR count). The fourth-order valence-corrected chi connectivity index (χ4v) is 7.46. The molecule has 1 aliphatic carbocycles. The van der Waals surface area contributed by atoms with Gasteiger partial charge >= 0.3 is 0 Å². The number of aromatic hydroxyl groups is 2. The Morgan fingerprint density at radius 3 is 1.32 bits per heavy atom. The maximum Gasteiger partial charge on any atom is 0.121 e. The van der Waals surface area contributed by atoms with E-state index in [1.807, 2.05) is 72.8 Å². The van der Waals surface area contributed by atoms with Gasteiger partial charge in [-0.25, -0.2) is 0 Å². The zero-order valence-corrected chi connectivity index (χ0v) is 28.3. The van der Waals surface area contributed by atoms with Crippen LogP contribution in [0.25, 0.3) is 22.3 Å². The predicted molar refractivity (Wildman–Crippen MR) is 203 cm³/mol. The fourth-order valence-electron chi connectivity index (χ4n) is 7.46. The van der Waals surface area contributed by atoms with Crippen LogP contribution >= 0.6 is 0 Å². The number of para-hydroxylation sites is 2. The van der Waals surface area contributed by atoms with Crippen molar-refractivity contribution in [2.24, 2.45) is 0 Å². The van der Waals surface area contributed by atoms with Crippen molar-refractivity contribution >= 4 is 22.7 Å². The van der Waals surface area contributed by atoms with Crippen LogP contribution < -0.4 is 9.80 Å². The highest BCUT2D eigenvalue weighted by molar-refractivity contribution is 5.93. The molecule has 0 radical (unpaired) electrons. The van der Waals surface area contributed by atoms with E-state index in [9.17, 15) is 20.4 Å². The highest BCUT2D eigenvalue weighted by Gasteiger charge is 2.52. The maximum absolute atomic E-state index is 11.6. The van der Waals surface area contributed by atoms with Gasteiger partial charge in [-0.1, -0.05) is 109 Å². The summed E-state index contributed by atoms with van der Waals surface area (Å²) in [5, 5.41) is 45.4. The molecule has 6 aromatic rings. The molecular formula is C44H42N2O4. The van der Waals surface area contributed by atoms with Gasteiger partial charge < -0.3 is 30.2 Å². The zero-order chi connectivity index (χ0) is 34.8. The Bertz CT molecular complexity index is 1990. The third kappa shape index (κ3) is 5.98. The summed E-state index contributed by atoms with van der Waals surface area (Å²) < 4.78 is 0. The third-order valence-corrected chi connectivity index (χ3v) is 10.1. The molecule has 2 atom stereocenters. The number of hydrogen-bond acceptors (Lipinski definition) is 6. The van der Waals surface area contributed by atoms with E-state index in [-0.39, 0.29) is 11.5 Å². The topological polar surface area (TPSA) is 87.4 Å². The van der Waals surface area contributed by atoms with E-state index >= 15 is 0 Å². The number of phenols is 2. The normalized spacial score (nSPS) is 18.3. The molecule has 6 nitrogen and oxygen atoms in total. The first-order valence-corrected chi connectivity index (χ1v) is 17.3. The standard InChI is InChI=1S/C44H42N2O4/c1-3-45(4-2)31-23-25-35(39(47)27-31)41-43(49)42(44(41)50)36-26-24-32(28-40(36)48)46(37-21-13-11-19-33(37)29-15-7-5-8-16-29)38-22-14-12-20-34(38)30-17-9-6-10-18-30/h5-28,41-44,47-50H,3-4H2,1-2H3. The highest BCUT2D eigenvalue weighted by Crippen LogP contribution is 2.53. The molecule has 0 aromatic heterocycles. The zero-order valence-electron chi connectivity index (χ0n) is 28.3. The van der Waals surface area contributed by atoms with Crippen LogP contribution in [0.5, 0.6) is 11.5 Å². The number of aliphatic hydroxyl groups excluding tert-OH is 2. The van der Waals surface area contributed by atoms with E-state index in [0.29, 0.717) is 11.1 Å². The molecule has 1 aliphatic rings. The van der Waals surface area contributed by atoms with Crippen molar-refractivity contribution in [3.05, 3.63) is 157 Å². The van der Waals surface area contributed by atoms with Gasteiger partial charge in [0.05, 0.1) is 23.6 Å². The molecule has 4 N–H and O–H groups in total. The second-order valence-corrected chi connectivity index (χ2v) is 12.8. The molecule has 0 amide bonds. The molecule has 2 unspecified atom stereocenters. The van der Waals surface area contributed by atoms with Crippen molar-refractivity contribution in [2.45, 2.75) is 37.9 Å². The summed E-state index contributed by atoms with van der Waals surface area (Å²) in [5.74, 6) is -1.39. The largest absolute Gasteiger partial charge is 0.508 e.